The van der Waals surface area contributed by atoms with Crippen LogP contribution in [0.25, 0.3) is 0 Å². The van der Waals surface area contributed by atoms with E-state index in [1.54, 1.807) is 6.33 Å². The van der Waals surface area contributed by atoms with Crippen LogP contribution in [0, 0.1) is 0 Å². The van der Waals surface area contributed by atoms with Gasteiger partial charge in [-0.15, -0.1) is 0 Å². The fourth-order valence-corrected chi connectivity index (χ4v) is 2.97. The summed E-state index contributed by atoms with van der Waals surface area (Å²) >= 11 is 0. The molecular formula is C18H24N4. The van der Waals surface area contributed by atoms with Gasteiger partial charge in [0.1, 0.15) is 18.0 Å². The van der Waals surface area contributed by atoms with E-state index in [0.29, 0.717) is 6.04 Å². The molecule has 2 aromatic rings. The lowest BCUT2D eigenvalue weighted by Crippen LogP contribution is -2.16. The zero-order valence-corrected chi connectivity index (χ0v) is 13.0. The molecule has 2 N–H and O–H groups in total. The van der Waals surface area contributed by atoms with Gasteiger partial charge in [-0.05, 0) is 31.2 Å². The first-order valence-corrected chi connectivity index (χ1v) is 8.26. The molecular weight excluding hydrogens is 272 g/mol. The van der Waals surface area contributed by atoms with E-state index in [2.05, 4.69) is 50.9 Å². The van der Waals surface area contributed by atoms with Crippen LogP contribution in [-0.4, -0.2) is 22.6 Å². The van der Waals surface area contributed by atoms with Crippen LogP contribution >= 0.6 is 0 Å². The Morgan fingerprint density at radius 3 is 2.59 bits per heavy atom. The van der Waals surface area contributed by atoms with Gasteiger partial charge in [-0.25, -0.2) is 9.97 Å². The fraction of sp³-hybridized carbons (Fsp3) is 0.444. The molecule has 0 unspecified atom stereocenters. The van der Waals surface area contributed by atoms with Crippen molar-refractivity contribution in [3.63, 3.8) is 0 Å². The maximum absolute atomic E-state index is 4.32. The van der Waals surface area contributed by atoms with Gasteiger partial charge in [0, 0.05) is 18.7 Å². The Balaban J connectivity index is 1.44. The molecule has 1 heterocycles. The van der Waals surface area contributed by atoms with Gasteiger partial charge in [0.15, 0.2) is 0 Å². The minimum atomic E-state index is 0.584. The largest absolute Gasteiger partial charge is 0.370 e. The lowest BCUT2D eigenvalue weighted by molar-refractivity contribution is 0.749. The number of hydrogen-bond acceptors (Lipinski definition) is 4. The molecule has 0 spiro atoms. The van der Waals surface area contributed by atoms with Crippen LogP contribution in [0.4, 0.5) is 11.6 Å². The lowest BCUT2D eigenvalue weighted by Gasteiger charge is -2.13. The van der Waals surface area contributed by atoms with E-state index < -0.39 is 0 Å². The van der Waals surface area contributed by atoms with Gasteiger partial charge in [0.2, 0.25) is 0 Å². The van der Waals surface area contributed by atoms with E-state index in [1.165, 1.54) is 31.2 Å². The van der Waals surface area contributed by atoms with Crippen molar-refractivity contribution < 1.29 is 0 Å². The second-order valence-electron chi connectivity index (χ2n) is 5.93. The summed E-state index contributed by atoms with van der Waals surface area (Å²) in [5.74, 6) is 1.84. The Morgan fingerprint density at radius 1 is 1.00 bits per heavy atom. The third-order valence-corrected chi connectivity index (χ3v) is 4.17. The van der Waals surface area contributed by atoms with Gasteiger partial charge >= 0.3 is 0 Å². The molecule has 0 amide bonds. The summed E-state index contributed by atoms with van der Waals surface area (Å²) < 4.78 is 0. The van der Waals surface area contributed by atoms with Gasteiger partial charge < -0.3 is 10.6 Å². The number of nitrogens with zero attached hydrogens (tertiary/aromatic N) is 2. The molecule has 1 fully saturated rings. The molecule has 0 saturated heterocycles. The number of rotatable bonds is 7. The topological polar surface area (TPSA) is 49.8 Å². The smallest absolute Gasteiger partial charge is 0.131 e. The standard InChI is InChI=1S/C18H24N4/c1-2-7-15(8-3-1)9-6-12-19-17-13-18(21-14-20-17)22-16-10-4-5-11-16/h1-3,7-8,13-14,16H,4-6,9-12H2,(H2,19,20,21,22). The van der Waals surface area contributed by atoms with Crippen molar-refractivity contribution in [3.8, 4) is 0 Å². The highest BCUT2D eigenvalue weighted by molar-refractivity contribution is 5.47. The fourth-order valence-electron chi connectivity index (χ4n) is 2.97. The first-order valence-electron chi connectivity index (χ1n) is 8.26. The van der Waals surface area contributed by atoms with Gasteiger partial charge in [-0.2, -0.15) is 0 Å². The average molecular weight is 296 g/mol. The molecule has 0 radical (unpaired) electrons. The van der Waals surface area contributed by atoms with Crippen molar-refractivity contribution in [2.24, 2.45) is 0 Å². The number of aryl methyl sites for hydroxylation is 1. The molecule has 4 nitrogen and oxygen atoms in total. The van der Waals surface area contributed by atoms with Crippen LogP contribution in [0.2, 0.25) is 0 Å². The summed E-state index contributed by atoms with van der Waals surface area (Å²) in [6.07, 6.45) is 8.98. The van der Waals surface area contributed by atoms with Crippen LogP contribution in [0.1, 0.15) is 37.7 Å². The van der Waals surface area contributed by atoms with E-state index in [1.807, 2.05) is 6.07 Å². The van der Waals surface area contributed by atoms with Crippen LogP contribution in [0.3, 0.4) is 0 Å². The number of aromatic nitrogens is 2. The quantitative estimate of drug-likeness (QED) is 0.761. The van der Waals surface area contributed by atoms with Crippen molar-refractivity contribution in [1.29, 1.82) is 0 Å². The van der Waals surface area contributed by atoms with E-state index in [0.717, 1.165) is 31.0 Å². The van der Waals surface area contributed by atoms with E-state index in [9.17, 15) is 0 Å². The molecule has 1 saturated carbocycles. The maximum Gasteiger partial charge on any atom is 0.131 e. The third kappa shape index (κ3) is 4.45. The molecule has 116 valence electrons. The summed E-state index contributed by atoms with van der Waals surface area (Å²) in [4.78, 5) is 8.61. The monoisotopic (exact) mass is 296 g/mol. The third-order valence-electron chi connectivity index (χ3n) is 4.17. The number of nitrogens with one attached hydrogen (secondary N) is 2. The van der Waals surface area contributed by atoms with Gasteiger partial charge in [-0.1, -0.05) is 43.2 Å². The molecule has 1 aromatic heterocycles. The van der Waals surface area contributed by atoms with Crippen LogP contribution in [0.5, 0.6) is 0 Å². The minimum Gasteiger partial charge on any atom is -0.370 e. The molecule has 1 aliphatic rings. The van der Waals surface area contributed by atoms with Gasteiger partial charge in [0.25, 0.3) is 0 Å². The Bertz CT molecular complexity index is 564. The first kappa shape index (κ1) is 14.8. The summed E-state index contributed by atoms with van der Waals surface area (Å²) in [7, 11) is 0. The molecule has 1 aromatic carbocycles. The van der Waals surface area contributed by atoms with Crippen molar-refractivity contribution in [2.45, 2.75) is 44.6 Å². The maximum atomic E-state index is 4.32. The van der Waals surface area contributed by atoms with Crippen LogP contribution in [-0.2, 0) is 6.42 Å². The lowest BCUT2D eigenvalue weighted by atomic mass is 10.1. The number of hydrogen-bond donors (Lipinski definition) is 2. The Labute approximate surface area is 132 Å². The molecule has 3 rings (SSSR count). The molecule has 4 heteroatoms. The van der Waals surface area contributed by atoms with Crippen molar-refractivity contribution in [1.82, 2.24) is 9.97 Å². The van der Waals surface area contributed by atoms with Gasteiger partial charge in [0.05, 0.1) is 0 Å². The summed E-state index contributed by atoms with van der Waals surface area (Å²) in [5, 5.41) is 6.90. The van der Waals surface area contributed by atoms with Crippen LogP contribution in [0.15, 0.2) is 42.7 Å². The van der Waals surface area contributed by atoms with Crippen molar-refractivity contribution in [2.75, 3.05) is 17.2 Å². The molecule has 0 bridgehead atoms. The zero-order chi connectivity index (χ0) is 15.0. The highest BCUT2D eigenvalue weighted by Gasteiger charge is 2.14. The molecule has 22 heavy (non-hydrogen) atoms. The Kier molecular flexibility index (Phi) is 5.24. The van der Waals surface area contributed by atoms with Crippen molar-refractivity contribution >= 4 is 11.6 Å². The second kappa shape index (κ2) is 7.78. The zero-order valence-electron chi connectivity index (χ0n) is 13.0. The summed E-state index contributed by atoms with van der Waals surface area (Å²) in [5.41, 5.74) is 1.38. The minimum absolute atomic E-state index is 0.584. The summed E-state index contributed by atoms with van der Waals surface area (Å²) in [6.45, 7) is 0.925. The Hall–Kier alpha value is -2.10. The van der Waals surface area contributed by atoms with E-state index in [4.69, 9.17) is 0 Å². The Morgan fingerprint density at radius 2 is 1.77 bits per heavy atom. The van der Waals surface area contributed by atoms with E-state index >= 15 is 0 Å². The molecule has 1 aliphatic carbocycles. The predicted molar refractivity (Wildman–Crippen MR) is 91.2 cm³/mol. The van der Waals surface area contributed by atoms with Crippen molar-refractivity contribution in [3.05, 3.63) is 48.3 Å². The average Bonchev–Trinajstić information content (AvgIpc) is 3.06. The predicted octanol–water partition coefficient (Wildman–Crippen LogP) is 3.88. The highest BCUT2D eigenvalue weighted by Crippen LogP contribution is 2.21. The highest BCUT2D eigenvalue weighted by atomic mass is 15.1. The van der Waals surface area contributed by atoms with Gasteiger partial charge in [-0.3, -0.25) is 0 Å². The van der Waals surface area contributed by atoms with E-state index in [-0.39, 0.29) is 0 Å². The summed E-state index contributed by atoms with van der Waals surface area (Å²) in [6, 6.07) is 13.2. The number of benzene rings is 1. The van der Waals surface area contributed by atoms with Crippen LogP contribution < -0.4 is 10.6 Å². The molecule has 0 atom stereocenters. The second-order valence-corrected chi connectivity index (χ2v) is 5.93. The molecule has 0 aliphatic heterocycles. The first-order chi connectivity index (χ1) is 10.9. The SMILES string of the molecule is c1ccc(CCCNc2cc(NC3CCCC3)ncn2)cc1. The normalized spacial score (nSPS) is 14.9. The number of anilines is 2.